The van der Waals surface area contributed by atoms with Gasteiger partial charge in [-0.05, 0) is 36.4 Å². The molecule has 0 aliphatic rings. The minimum absolute atomic E-state index is 0. The third-order valence-corrected chi connectivity index (χ3v) is 1.79. The second kappa shape index (κ2) is 5.73. The van der Waals surface area contributed by atoms with Crippen LogP contribution in [-0.2, 0) is 0 Å². The van der Waals surface area contributed by atoms with Crippen molar-refractivity contribution in [1.29, 1.82) is 0 Å². The molecular weight excluding hydrogens is 203 g/mol. The zero-order chi connectivity index (χ0) is 9.80. The van der Waals surface area contributed by atoms with Crippen molar-refractivity contribution < 1.29 is 12.0 Å². The molecule has 0 aromatic heterocycles. The van der Waals surface area contributed by atoms with Crippen LogP contribution < -0.4 is 4.74 Å². The fraction of sp³-hybridized carbons (Fsp3) is 0. The fourth-order valence-electron chi connectivity index (χ4n) is 1.13. The van der Waals surface area contributed by atoms with Crippen molar-refractivity contribution in [2.45, 2.75) is 0 Å². The first kappa shape index (κ1) is 12.0. The van der Waals surface area contributed by atoms with Crippen LogP contribution in [-0.4, -0.2) is 23.1 Å². The predicted octanol–water partition coefficient (Wildman–Crippen LogP) is 3.46. The molecule has 0 radical (unpaired) electrons. The average Bonchev–Trinajstić information content (AvgIpc) is 2.23. The van der Waals surface area contributed by atoms with Crippen LogP contribution in [0.3, 0.4) is 0 Å². The molecular formula is C12H11FMgO. The van der Waals surface area contributed by atoms with Crippen LogP contribution in [0.15, 0.2) is 54.6 Å². The molecule has 0 heterocycles. The van der Waals surface area contributed by atoms with E-state index in [1.165, 1.54) is 12.1 Å². The van der Waals surface area contributed by atoms with E-state index < -0.39 is 0 Å². The Labute approximate surface area is 107 Å². The van der Waals surface area contributed by atoms with Gasteiger partial charge in [-0.3, -0.25) is 0 Å². The second-order valence-electron chi connectivity index (χ2n) is 2.87. The van der Waals surface area contributed by atoms with Gasteiger partial charge in [0.25, 0.3) is 0 Å². The SMILES string of the molecule is Fc1ccc(Oc2ccccc2)cc1.[H-].[H-].[Mg+2]. The van der Waals surface area contributed by atoms with Gasteiger partial charge in [0.15, 0.2) is 0 Å². The third kappa shape index (κ3) is 3.53. The van der Waals surface area contributed by atoms with Gasteiger partial charge >= 0.3 is 23.1 Å². The monoisotopic (exact) mass is 214 g/mol. The smallest absolute Gasteiger partial charge is 1.00 e. The molecule has 2 aromatic carbocycles. The van der Waals surface area contributed by atoms with E-state index >= 15 is 0 Å². The number of hydrogen-bond acceptors (Lipinski definition) is 1. The van der Waals surface area contributed by atoms with Crippen molar-refractivity contribution in [1.82, 2.24) is 0 Å². The summed E-state index contributed by atoms with van der Waals surface area (Å²) in [5.74, 6) is 1.13. The molecule has 0 aliphatic heterocycles. The Hall–Kier alpha value is -1.06. The van der Waals surface area contributed by atoms with Gasteiger partial charge in [0.05, 0.1) is 0 Å². The Morgan fingerprint density at radius 2 is 1.33 bits per heavy atom. The summed E-state index contributed by atoms with van der Waals surface area (Å²) in [6.45, 7) is 0. The predicted molar refractivity (Wildman–Crippen MR) is 60.9 cm³/mol. The van der Waals surface area contributed by atoms with Gasteiger partial charge in [0.2, 0.25) is 0 Å². The van der Waals surface area contributed by atoms with Gasteiger partial charge in [-0.1, -0.05) is 18.2 Å². The van der Waals surface area contributed by atoms with E-state index in [9.17, 15) is 4.39 Å². The minimum atomic E-state index is -0.259. The molecule has 0 unspecified atom stereocenters. The summed E-state index contributed by atoms with van der Waals surface area (Å²) in [6.07, 6.45) is 0. The van der Waals surface area contributed by atoms with E-state index in [1.54, 1.807) is 12.1 Å². The molecule has 2 aromatic rings. The Morgan fingerprint density at radius 1 is 0.800 bits per heavy atom. The molecule has 0 saturated carbocycles. The van der Waals surface area contributed by atoms with Crippen molar-refractivity contribution in [2.75, 3.05) is 0 Å². The zero-order valence-electron chi connectivity index (χ0n) is 10.2. The molecule has 0 bridgehead atoms. The number of rotatable bonds is 2. The van der Waals surface area contributed by atoms with Crippen LogP contribution in [0.4, 0.5) is 4.39 Å². The Morgan fingerprint density at radius 3 is 1.93 bits per heavy atom. The molecule has 0 atom stereocenters. The molecule has 2 rings (SSSR count). The molecule has 0 saturated heterocycles. The van der Waals surface area contributed by atoms with Crippen molar-refractivity contribution in [2.24, 2.45) is 0 Å². The maximum Gasteiger partial charge on any atom is 2.00 e. The first-order valence-electron chi connectivity index (χ1n) is 4.33. The van der Waals surface area contributed by atoms with Crippen LogP contribution >= 0.6 is 0 Å². The maximum atomic E-state index is 12.6. The summed E-state index contributed by atoms with van der Waals surface area (Å²) in [5, 5.41) is 0. The number of benzene rings is 2. The summed E-state index contributed by atoms with van der Waals surface area (Å²) < 4.78 is 18.0. The van der Waals surface area contributed by atoms with Crippen LogP contribution in [0.25, 0.3) is 0 Å². The van der Waals surface area contributed by atoms with E-state index in [0.29, 0.717) is 5.75 Å². The number of ether oxygens (including phenoxy) is 1. The Balaban J connectivity index is 0. The summed E-state index contributed by atoms with van der Waals surface area (Å²) in [6, 6.07) is 15.3. The van der Waals surface area contributed by atoms with Crippen LogP contribution in [0.2, 0.25) is 0 Å². The van der Waals surface area contributed by atoms with Crippen molar-refractivity contribution in [3.63, 3.8) is 0 Å². The average molecular weight is 215 g/mol. The molecule has 0 N–H and O–H groups in total. The third-order valence-electron chi connectivity index (χ3n) is 1.79. The number of para-hydroxylation sites is 1. The first-order chi connectivity index (χ1) is 6.84. The second-order valence-corrected chi connectivity index (χ2v) is 2.87. The first-order valence-corrected chi connectivity index (χ1v) is 4.33. The molecule has 0 fully saturated rings. The standard InChI is InChI=1S/C12H9FO.Mg.2H/c13-10-6-8-12(9-7-10)14-11-4-2-1-3-5-11;;;/h1-9H;;;/q;+2;2*-1. The van der Waals surface area contributed by atoms with Gasteiger partial charge in [-0.15, -0.1) is 0 Å². The van der Waals surface area contributed by atoms with Gasteiger partial charge in [0, 0.05) is 0 Å². The van der Waals surface area contributed by atoms with Crippen molar-refractivity contribution in [3.05, 3.63) is 60.4 Å². The maximum absolute atomic E-state index is 12.6. The van der Waals surface area contributed by atoms with E-state index in [4.69, 9.17) is 4.74 Å². The summed E-state index contributed by atoms with van der Waals surface area (Å²) >= 11 is 0. The Kier molecular flexibility index (Phi) is 4.59. The van der Waals surface area contributed by atoms with Crippen LogP contribution in [0.1, 0.15) is 2.85 Å². The molecule has 74 valence electrons. The number of halogens is 1. The molecule has 1 nitrogen and oxygen atoms in total. The molecule has 0 aliphatic carbocycles. The van der Waals surface area contributed by atoms with Gasteiger partial charge in [0.1, 0.15) is 17.3 Å². The van der Waals surface area contributed by atoms with Gasteiger partial charge < -0.3 is 7.59 Å². The van der Waals surface area contributed by atoms with E-state index in [-0.39, 0.29) is 31.7 Å². The van der Waals surface area contributed by atoms with Gasteiger partial charge in [-0.2, -0.15) is 0 Å². The molecule has 15 heavy (non-hydrogen) atoms. The van der Waals surface area contributed by atoms with E-state index in [2.05, 4.69) is 0 Å². The quantitative estimate of drug-likeness (QED) is 0.696. The topological polar surface area (TPSA) is 9.23 Å². The largest absolute Gasteiger partial charge is 2.00 e. The minimum Gasteiger partial charge on any atom is -1.00 e. The van der Waals surface area contributed by atoms with Gasteiger partial charge in [-0.25, -0.2) is 4.39 Å². The summed E-state index contributed by atoms with van der Waals surface area (Å²) in [7, 11) is 0. The molecule has 0 amide bonds. The number of hydrogen-bond donors (Lipinski definition) is 0. The van der Waals surface area contributed by atoms with Crippen LogP contribution in [0.5, 0.6) is 11.5 Å². The summed E-state index contributed by atoms with van der Waals surface area (Å²) in [4.78, 5) is 0. The van der Waals surface area contributed by atoms with Crippen molar-refractivity contribution in [3.8, 4) is 11.5 Å². The molecule has 3 heteroatoms. The van der Waals surface area contributed by atoms with Crippen molar-refractivity contribution >= 4 is 23.1 Å². The normalized spacial score (nSPS) is 9.13. The molecule has 0 spiro atoms. The fourth-order valence-corrected chi connectivity index (χ4v) is 1.13. The van der Waals surface area contributed by atoms with Crippen LogP contribution in [0, 0.1) is 5.82 Å². The zero-order valence-corrected chi connectivity index (χ0v) is 9.60. The van der Waals surface area contributed by atoms with E-state index in [1.807, 2.05) is 30.3 Å². The Bertz CT molecular complexity index is 409. The summed E-state index contributed by atoms with van der Waals surface area (Å²) in [5.41, 5.74) is 0. The van der Waals surface area contributed by atoms with E-state index in [0.717, 1.165) is 5.75 Å².